The van der Waals surface area contributed by atoms with Gasteiger partial charge in [-0.05, 0) is 26.0 Å². The standard InChI is InChI=1S/C12H17N3O/c1-9(6-12-4-3-5-16-12)13-7-11-8-14-10(2)15-11/h3-5,8-9,13H,6-7H2,1-2H3,(H,14,15). The zero-order valence-electron chi connectivity index (χ0n) is 9.66. The molecule has 0 amide bonds. The predicted octanol–water partition coefficient (Wildman–Crippen LogP) is 2.03. The van der Waals surface area contributed by atoms with Crippen LogP contribution in [-0.2, 0) is 13.0 Å². The van der Waals surface area contributed by atoms with Gasteiger partial charge in [0.1, 0.15) is 11.6 Å². The number of hydrogen-bond donors (Lipinski definition) is 2. The third-order valence-corrected chi connectivity index (χ3v) is 2.48. The van der Waals surface area contributed by atoms with E-state index in [1.165, 1.54) is 0 Å². The number of aromatic amines is 1. The summed E-state index contributed by atoms with van der Waals surface area (Å²) in [6.45, 7) is 4.91. The van der Waals surface area contributed by atoms with Crippen LogP contribution in [0.2, 0.25) is 0 Å². The van der Waals surface area contributed by atoms with Crippen LogP contribution >= 0.6 is 0 Å². The van der Waals surface area contributed by atoms with Crippen LogP contribution < -0.4 is 5.32 Å². The normalized spacial score (nSPS) is 12.9. The number of imidazole rings is 1. The molecule has 0 aliphatic carbocycles. The maximum atomic E-state index is 5.30. The van der Waals surface area contributed by atoms with Gasteiger partial charge in [-0.2, -0.15) is 0 Å². The third-order valence-electron chi connectivity index (χ3n) is 2.48. The fourth-order valence-corrected chi connectivity index (χ4v) is 1.65. The highest BCUT2D eigenvalue weighted by Crippen LogP contribution is 2.04. The SMILES string of the molecule is Cc1ncc(CNC(C)Cc2ccco2)[nH]1. The molecule has 4 nitrogen and oxygen atoms in total. The average Bonchev–Trinajstić information content (AvgIpc) is 2.87. The smallest absolute Gasteiger partial charge is 0.105 e. The molecule has 2 aromatic heterocycles. The Morgan fingerprint density at radius 1 is 1.56 bits per heavy atom. The minimum absolute atomic E-state index is 0.384. The van der Waals surface area contributed by atoms with Crippen LogP contribution in [0.1, 0.15) is 24.2 Å². The van der Waals surface area contributed by atoms with E-state index in [0.717, 1.165) is 30.2 Å². The molecule has 2 N–H and O–H groups in total. The number of furan rings is 1. The number of aromatic nitrogens is 2. The molecule has 1 atom stereocenters. The third kappa shape index (κ3) is 2.97. The van der Waals surface area contributed by atoms with Crippen molar-refractivity contribution in [3.05, 3.63) is 41.9 Å². The van der Waals surface area contributed by atoms with Crippen LogP contribution in [0.4, 0.5) is 0 Å². The van der Waals surface area contributed by atoms with Crippen LogP contribution in [0.5, 0.6) is 0 Å². The molecule has 16 heavy (non-hydrogen) atoms. The van der Waals surface area contributed by atoms with Gasteiger partial charge in [0.2, 0.25) is 0 Å². The lowest BCUT2D eigenvalue weighted by Crippen LogP contribution is -2.27. The number of hydrogen-bond acceptors (Lipinski definition) is 3. The summed E-state index contributed by atoms with van der Waals surface area (Å²) in [4.78, 5) is 7.35. The fourth-order valence-electron chi connectivity index (χ4n) is 1.65. The molecule has 0 aromatic carbocycles. The molecule has 2 aromatic rings. The monoisotopic (exact) mass is 219 g/mol. The quantitative estimate of drug-likeness (QED) is 0.809. The van der Waals surface area contributed by atoms with Gasteiger partial charge in [0.05, 0.1) is 6.26 Å². The lowest BCUT2D eigenvalue weighted by atomic mass is 10.2. The van der Waals surface area contributed by atoms with Gasteiger partial charge >= 0.3 is 0 Å². The number of H-pyrrole nitrogens is 1. The van der Waals surface area contributed by atoms with E-state index in [2.05, 4.69) is 22.2 Å². The van der Waals surface area contributed by atoms with Crippen molar-refractivity contribution in [2.45, 2.75) is 32.9 Å². The maximum Gasteiger partial charge on any atom is 0.105 e. The van der Waals surface area contributed by atoms with Crippen molar-refractivity contribution in [1.82, 2.24) is 15.3 Å². The summed E-state index contributed by atoms with van der Waals surface area (Å²) >= 11 is 0. The lowest BCUT2D eigenvalue weighted by Gasteiger charge is -2.11. The Morgan fingerprint density at radius 3 is 3.06 bits per heavy atom. The average molecular weight is 219 g/mol. The van der Waals surface area contributed by atoms with Gasteiger partial charge in [0.25, 0.3) is 0 Å². The fraction of sp³-hybridized carbons (Fsp3) is 0.417. The Morgan fingerprint density at radius 2 is 2.44 bits per heavy atom. The highest BCUT2D eigenvalue weighted by Gasteiger charge is 2.05. The largest absolute Gasteiger partial charge is 0.469 e. The molecule has 0 fully saturated rings. The topological polar surface area (TPSA) is 53.9 Å². The van der Waals surface area contributed by atoms with Gasteiger partial charge in [-0.15, -0.1) is 0 Å². The second kappa shape index (κ2) is 4.99. The number of aryl methyl sites for hydroxylation is 1. The molecule has 0 saturated heterocycles. The van der Waals surface area contributed by atoms with Crippen LogP contribution in [0.25, 0.3) is 0 Å². The first-order chi connectivity index (χ1) is 7.74. The van der Waals surface area contributed by atoms with Crippen molar-refractivity contribution in [2.24, 2.45) is 0 Å². The van der Waals surface area contributed by atoms with E-state index in [-0.39, 0.29) is 0 Å². The first kappa shape index (κ1) is 11.0. The van der Waals surface area contributed by atoms with Gasteiger partial charge in [0.15, 0.2) is 0 Å². The van der Waals surface area contributed by atoms with Crippen molar-refractivity contribution < 1.29 is 4.42 Å². The maximum absolute atomic E-state index is 5.30. The van der Waals surface area contributed by atoms with Crippen LogP contribution in [0.15, 0.2) is 29.0 Å². The minimum Gasteiger partial charge on any atom is -0.469 e. The number of rotatable bonds is 5. The molecule has 0 aliphatic heterocycles. The molecule has 2 heterocycles. The first-order valence-electron chi connectivity index (χ1n) is 5.50. The summed E-state index contributed by atoms with van der Waals surface area (Å²) in [6.07, 6.45) is 4.47. The summed E-state index contributed by atoms with van der Waals surface area (Å²) in [7, 11) is 0. The number of nitrogens with one attached hydrogen (secondary N) is 2. The predicted molar refractivity (Wildman–Crippen MR) is 62.0 cm³/mol. The van der Waals surface area contributed by atoms with Crippen molar-refractivity contribution >= 4 is 0 Å². The van der Waals surface area contributed by atoms with Crippen LogP contribution in [0, 0.1) is 6.92 Å². The Labute approximate surface area is 95.1 Å². The zero-order chi connectivity index (χ0) is 11.4. The molecule has 4 heteroatoms. The summed E-state index contributed by atoms with van der Waals surface area (Å²) in [5.41, 5.74) is 1.11. The van der Waals surface area contributed by atoms with E-state index in [9.17, 15) is 0 Å². The van der Waals surface area contributed by atoms with E-state index < -0.39 is 0 Å². The Kier molecular flexibility index (Phi) is 3.41. The highest BCUT2D eigenvalue weighted by atomic mass is 16.3. The molecule has 2 rings (SSSR count). The van der Waals surface area contributed by atoms with Gasteiger partial charge in [-0.1, -0.05) is 0 Å². The second-order valence-electron chi connectivity index (χ2n) is 4.06. The van der Waals surface area contributed by atoms with Gasteiger partial charge in [-0.3, -0.25) is 0 Å². The first-order valence-corrected chi connectivity index (χ1v) is 5.50. The van der Waals surface area contributed by atoms with Crippen molar-refractivity contribution in [3.8, 4) is 0 Å². The molecule has 0 radical (unpaired) electrons. The summed E-state index contributed by atoms with van der Waals surface area (Å²) in [5, 5.41) is 3.42. The molecule has 0 saturated carbocycles. The van der Waals surface area contributed by atoms with Gasteiger partial charge < -0.3 is 14.7 Å². The summed E-state index contributed by atoms with van der Waals surface area (Å²) < 4.78 is 5.30. The summed E-state index contributed by atoms with van der Waals surface area (Å²) in [6, 6.07) is 4.30. The number of nitrogens with zero attached hydrogens (tertiary/aromatic N) is 1. The summed E-state index contributed by atoms with van der Waals surface area (Å²) in [5.74, 6) is 1.97. The molecule has 1 unspecified atom stereocenters. The van der Waals surface area contributed by atoms with Gasteiger partial charge in [0, 0.05) is 30.9 Å². The lowest BCUT2D eigenvalue weighted by molar-refractivity contribution is 0.455. The van der Waals surface area contributed by atoms with E-state index >= 15 is 0 Å². The van der Waals surface area contributed by atoms with E-state index in [1.807, 2.05) is 25.3 Å². The van der Waals surface area contributed by atoms with E-state index in [1.54, 1.807) is 6.26 Å². The highest BCUT2D eigenvalue weighted by molar-refractivity contribution is 5.02. The Balaban J connectivity index is 1.77. The molecular formula is C12H17N3O. The van der Waals surface area contributed by atoms with Crippen LogP contribution in [0.3, 0.4) is 0 Å². The zero-order valence-corrected chi connectivity index (χ0v) is 9.66. The second-order valence-corrected chi connectivity index (χ2v) is 4.06. The van der Waals surface area contributed by atoms with Crippen molar-refractivity contribution in [1.29, 1.82) is 0 Å². The molecule has 0 spiro atoms. The Bertz CT molecular complexity index is 419. The van der Waals surface area contributed by atoms with Crippen LogP contribution in [-0.4, -0.2) is 16.0 Å². The molecular weight excluding hydrogens is 202 g/mol. The Hall–Kier alpha value is -1.55. The van der Waals surface area contributed by atoms with Crippen molar-refractivity contribution in [3.63, 3.8) is 0 Å². The van der Waals surface area contributed by atoms with Gasteiger partial charge in [-0.25, -0.2) is 4.98 Å². The minimum atomic E-state index is 0.384. The van der Waals surface area contributed by atoms with Crippen molar-refractivity contribution in [2.75, 3.05) is 0 Å². The molecule has 86 valence electrons. The van der Waals surface area contributed by atoms with E-state index in [4.69, 9.17) is 4.42 Å². The molecule has 0 aliphatic rings. The van der Waals surface area contributed by atoms with E-state index in [0.29, 0.717) is 6.04 Å². The molecule has 0 bridgehead atoms.